The number of hydrogen-bond donors (Lipinski definition) is 2. The third-order valence-corrected chi connectivity index (χ3v) is 2.29. The highest BCUT2D eigenvalue weighted by Crippen LogP contribution is 2.19. The quantitative estimate of drug-likeness (QED) is 0.702. The van der Waals surface area contributed by atoms with Gasteiger partial charge in [-0.05, 0) is 18.9 Å². The van der Waals surface area contributed by atoms with Gasteiger partial charge in [-0.1, -0.05) is 0 Å². The highest BCUT2D eigenvalue weighted by Gasteiger charge is 2.26. The van der Waals surface area contributed by atoms with Crippen LogP contribution in [0.1, 0.15) is 18.4 Å². The highest BCUT2D eigenvalue weighted by atomic mass is 16.3. The standard InChI is InChI=1S/C9H13NO2/c11-9-3-8(4-9)10-5-7-1-2-12-6-7/h1-2,6,8-11H,3-5H2. The van der Waals surface area contributed by atoms with Crippen molar-refractivity contribution in [1.29, 1.82) is 0 Å². The Morgan fingerprint density at radius 2 is 2.42 bits per heavy atom. The van der Waals surface area contributed by atoms with Crippen LogP contribution in [0.25, 0.3) is 0 Å². The maximum Gasteiger partial charge on any atom is 0.0947 e. The average molecular weight is 167 g/mol. The molecule has 0 radical (unpaired) electrons. The van der Waals surface area contributed by atoms with Crippen molar-refractivity contribution < 1.29 is 9.52 Å². The summed E-state index contributed by atoms with van der Waals surface area (Å²) >= 11 is 0. The molecule has 1 aromatic rings. The first-order valence-corrected chi connectivity index (χ1v) is 4.27. The lowest BCUT2D eigenvalue weighted by atomic mass is 9.89. The molecular weight excluding hydrogens is 154 g/mol. The second kappa shape index (κ2) is 3.29. The van der Waals surface area contributed by atoms with Gasteiger partial charge in [-0.2, -0.15) is 0 Å². The third-order valence-electron chi connectivity index (χ3n) is 2.29. The lowest BCUT2D eigenvalue weighted by molar-refractivity contribution is 0.0619. The van der Waals surface area contributed by atoms with Crippen molar-refractivity contribution in [3.8, 4) is 0 Å². The number of nitrogens with one attached hydrogen (secondary N) is 1. The summed E-state index contributed by atoms with van der Waals surface area (Å²) in [7, 11) is 0. The van der Waals surface area contributed by atoms with Gasteiger partial charge in [0.15, 0.2) is 0 Å². The fraction of sp³-hybridized carbons (Fsp3) is 0.556. The summed E-state index contributed by atoms with van der Waals surface area (Å²) in [5, 5.41) is 12.3. The summed E-state index contributed by atoms with van der Waals surface area (Å²) in [6, 6.07) is 2.44. The molecule has 0 atom stereocenters. The van der Waals surface area contributed by atoms with Crippen LogP contribution in [0.3, 0.4) is 0 Å². The predicted octanol–water partition coefficient (Wildman–Crippen LogP) is 0.892. The first-order chi connectivity index (χ1) is 5.84. The van der Waals surface area contributed by atoms with Crippen LogP contribution in [-0.4, -0.2) is 17.3 Å². The second-order valence-corrected chi connectivity index (χ2v) is 3.33. The van der Waals surface area contributed by atoms with Crippen molar-refractivity contribution in [3.63, 3.8) is 0 Å². The summed E-state index contributed by atoms with van der Waals surface area (Å²) in [6.45, 7) is 0.841. The Hall–Kier alpha value is -0.800. The summed E-state index contributed by atoms with van der Waals surface area (Å²) < 4.78 is 4.93. The minimum absolute atomic E-state index is 0.0770. The Morgan fingerprint density at radius 1 is 1.58 bits per heavy atom. The monoisotopic (exact) mass is 167 g/mol. The third kappa shape index (κ3) is 1.68. The molecule has 12 heavy (non-hydrogen) atoms. The fourth-order valence-corrected chi connectivity index (χ4v) is 1.41. The van der Waals surface area contributed by atoms with E-state index in [0.29, 0.717) is 6.04 Å². The molecule has 1 fully saturated rings. The molecule has 1 aliphatic rings. The van der Waals surface area contributed by atoms with Gasteiger partial charge in [0.25, 0.3) is 0 Å². The molecule has 0 bridgehead atoms. The van der Waals surface area contributed by atoms with Gasteiger partial charge >= 0.3 is 0 Å². The number of hydrogen-bond acceptors (Lipinski definition) is 3. The van der Waals surface area contributed by atoms with E-state index in [1.165, 1.54) is 0 Å². The van der Waals surface area contributed by atoms with Crippen molar-refractivity contribution in [2.75, 3.05) is 0 Å². The molecule has 0 amide bonds. The molecule has 66 valence electrons. The van der Waals surface area contributed by atoms with E-state index in [9.17, 15) is 0 Å². The van der Waals surface area contributed by atoms with Gasteiger partial charge < -0.3 is 14.8 Å². The van der Waals surface area contributed by atoms with Crippen molar-refractivity contribution in [3.05, 3.63) is 24.2 Å². The van der Waals surface area contributed by atoms with Gasteiger partial charge in [0.05, 0.1) is 18.6 Å². The average Bonchev–Trinajstić information content (AvgIpc) is 2.47. The van der Waals surface area contributed by atoms with E-state index in [-0.39, 0.29) is 6.10 Å². The van der Waals surface area contributed by atoms with Crippen molar-refractivity contribution in [2.45, 2.75) is 31.5 Å². The van der Waals surface area contributed by atoms with E-state index in [0.717, 1.165) is 24.9 Å². The zero-order chi connectivity index (χ0) is 8.39. The molecule has 3 nitrogen and oxygen atoms in total. The van der Waals surface area contributed by atoms with Crippen LogP contribution in [0.15, 0.2) is 23.0 Å². The van der Waals surface area contributed by atoms with E-state index in [1.54, 1.807) is 12.5 Å². The molecule has 0 saturated heterocycles. The van der Waals surface area contributed by atoms with Gasteiger partial charge in [0, 0.05) is 18.2 Å². The van der Waals surface area contributed by atoms with Crippen molar-refractivity contribution in [2.24, 2.45) is 0 Å². The molecule has 1 aromatic heterocycles. The number of aliphatic hydroxyl groups excluding tert-OH is 1. The van der Waals surface area contributed by atoms with E-state index in [2.05, 4.69) is 5.32 Å². The Labute approximate surface area is 71.4 Å². The highest BCUT2D eigenvalue weighted by molar-refractivity contribution is 5.05. The van der Waals surface area contributed by atoms with E-state index < -0.39 is 0 Å². The van der Waals surface area contributed by atoms with Crippen molar-refractivity contribution in [1.82, 2.24) is 5.32 Å². The number of aliphatic hydroxyl groups is 1. The Balaban J connectivity index is 1.70. The Bertz CT molecular complexity index is 227. The first kappa shape index (κ1) is 7.83. The molecule has 0 aromatic carbocycles. The zero-order valence-corrected chi connectivity index (χ0v) is 6.86. The van der Waals surface area contributed by atoms with E-state index >= 15 is 0 Å². The molecule has 1 aliphatic carbocycles. The van der Waals surface area contributed by atoms with E-state index in [4.69, 9.17) is 9.52 Å². The van der Waals surface area contributed by atoms with Crippen LogP contribution in [0.4, 0.5) is 0 Å². The molecule has 0 unspecified atom stereocenters. The van der Waals surface area contributed by atoms with Gasteiger partial charge in [-0.3, -0.25) is 0 Å². The minimum Gasteiger partial charge on any atom is -0.472 e. The van der Waals surface area contributed by atoms with Gasteiger partial charge in [0.2, 0.25) is 0 Å². The summed E-state index contributed by atoms with van der Waals surface area (Å²) in [5.41, 5.74) is 1.16. The van der Waals surface area contributed by atoms with Crippen molar-refractivity contribution >= 4 is 0 Å². The topological polar surface area (TPSA) is 45.4 Å². The number of rotatable bonds is 3. The van der Waals surface area contributed by atoms with Crippen LogP contribution in [0.2, 0.25) is 0 Å². The maximum absolute atomic E-state index is 9.02. The normalized spacial score (nSPS) is 28.4. The smallest absolute Gasteiger partial charge is 0.0947 e. The second-order valence-electron chi connectivity index (χ2n) is 3.33. The van der Waals surface area contributed by atoms with Gasteiger partial charge in [-0.15, -0.1) is 0 Å². The first-order valence-electron chi connectivity index (χ1n) is 4.27. The molecule has 0 spiro atoms. The van der Waals surface area contributed by atoms with Gasteiger partial charge in [0.1, 0.15) is 0 Å². The van der Waals surface area contributed by atoms with Crippen LogP contribution in [0, 0.1) is 0 Å². The SMILES string of the molecule is OC1CC(NCc2ccoc2)C1. The summed E-state index contributed by atoms with van der Waals surface area (Å²) in [4.78, 5) is 0. The molecule has 2 rings (SSSR count). The van der Waals surface area contributed by atoms with Crippen LogP contribution >= 0.6 is 0 Å². The zero-order valence-electron chi connectivity index (χ0n) is 6.86. The van der Waals surface area contributed by atoms with Gasteiger partial charge in [-0.25, -0.2) is 0 Å². The molecule has 0 aliphatic heterocycles. The Morgan fingerprint density at radius 3 is 3.00 bits per heavy atom. The maximum atomic E-state index is 9.02. The fourth-order valence-electron chi connectivity index (χ4n) is 1.41. The molecular formula is C9H13NO2. The molecule has 2 N–H and O–H groups in total. The lowest BCUT2D eigenvalue weighted by Crippen LogP contribution is -2.43. The van der Waals surface area contributed by atoms with Crippen LogP contribution < -0.4 is 5.32 Å². The largest absolute Gasteiger partial charge is 0.472 e. The lowest BCUT2D eigenvalue weighted by Gasteiger charge is -2.31. The predicted molar refractivity (Wildman–Crippen MR) is 44.6 cm³/mol. The summed E-state index contributed by atoms with van der Waals surface area (Å²) in [6.07, 6.45) is 5.11. The van der Waals surface area contributed by atoms with E-state index in [1.807, 2.05) is 6.07 Å². The molecule has 1 heterocycles. The minimum atomic E-state index is -0.0770. The summed E-state index contributed by atoms with van der Waals surface area (Å²) in [5.74, 6) is 0. The van der Waals surface area contributed by atoms with Crippen LogP contribution in [-0.2, 0) is 6.54 Å². The molecule has 1 saturated carbocycles. The molecule has 3 heteroatoms. The Kier molecular flexibility index (Phi) is 2.15. The number of furan rings is 1. The van der Waals surface area contributed by atoms with Crippen LogP contribution in [0.5, 0.6) is 0 Å².